The summed E-state index contributed by atoms with van der Waals surface area (Å²) in [7, 11) is 0. The second kappa shape index (κ2) is 7.96. The molecule has 0 bridgehead atoms. The Bertz CT molecular complexity index is 987. The van der Waals surface area contributed by atoms with Gasteiger partial charge in [0, 0.05) is 30.0 Å². The second-order valence-corrected chi connectivity index (χ2v) is 6.71. The van der Waals surface area contributed by atoms with Crippen molar-refractivity contribution < 1.29 is 9.59 Å². The molecule has 28 heavy (non-hydrogen) atoms. The average molecular weight is 371 g/mol. The molecule has 0 aromatic heterocycles. The van der Waals surface area contributed by atoms with Crippen LogP contribution in [0.5, 0.6) is 0 Å². The topological polar surface area (TPSA) is 61.4 Å². The van der Waals surface area contributed by atoms with Crippen molar-refractivity contribution in [2.24, 2.45) is 0 Å². The van der Waals surface area contributed by atoms with E-state index >= 15 is 0 Å². The lowest BCUT2D eigenvalue weighted by atomic mass is 10.1. The van der Waals surface area contributed by atoms with Gasteiger partial charge in [0.1, 0.15) is 0 Å². The normalized spacial score (nSPS) is 12.4. The fourth-order valence-electron chi connectivity index (χ4n) is 3.36. The molecule has 0 spiro atoms. The second-order valence-electron chi connectivity index (χ2n) is 6.71. The first-order valence-electron chi connectivity index (χ1n) is 9.29. The van der Waals surface area contributed by atoms with E-state index in [4.69, 9.17) is 0 Å². The van der Waals surface area contributed by atoms with E-state index < -0.39 is 0 Å². The van der Waals surface area contributed by atoms with Crippen LogP contribution in [0.3, 0.4) is 0 Å². The summed E-state index contributed by atoms with van der Waals surface area (Å²) in [4.78, 5) is 26.7. The fourth-order valence-corrected chi connectivity index (χ4v) is 3.36. The number of amides is 3. The Morgan fingerprint density at radius 1 is 0.893 bits per heavy atom. The summed E-state index contributed by atoms with van der Waals surface area (Å²) in [5, 5.41) is 5.66. The molecule has 0 saturated heterocycles. The molecule has 5 nitrogen and oxygen atoms in total. The van der Waals surface area contributed by atoms with Gasteiger partial charge >= 0.3 is 6.03 Å². The lowest BCUT2D eigenvalue weighted by Gasteiger charge is -2.18. The van der Waals surface area contributed by atoms with Gasteiger partial charge in [0.2, 0.25) is 0 Å². The lowest BCUT2D eigenvalue weighted by molar-refractivity contribution is 0.0989. The van der Waals surface area contributed by atoms with Crippen LogP contribution in [0.15, 0.2) is 78.9 Å². The van der Waals surface area contributed by atoms with Crippen molar-refractivity contribution in [1.29, 1.82) is 0 Å². The van der Waals surface area contributed by atoms with E-state index in [0.717, 1.165) is 28.9 Å². The van der Waals surface area contributed by atoms with E-state index in [9.17, 15) is 9.59 Å². The van der Waals surface area contributed by atoms with Crippen molar-refractivity contribution in [2.75, 3.05) is 16.8 Å². The van der Waals surface area contributed by atoms with E-state index in [1.165, 1.54) is 0 Å². The first-order chi connectivity index (χ1) is 13.7. The van der Waals surface area contributed by atoms with Gasteiger partial charge in [-0.05, 0) is 47.9 Å². The van der Waals surface area contributed by atoms with Gasteiger partial charge in [-0.15, -0.1) is 0 Å². The van der Waals surface area contributed by atoms with Gasteiger partial charge in [-0.2, -0.15) is 0 Å². The van der Waals surface area contributed by atoms with Crippen LogP contribution < -0.4 is 15.5 Å². The first kappa shape index (κ1) is 17.8. The maximum absolute atomic E-state index is 12.8. The van der Waals surface area contributed by atoms with Crippen molar-refractivity contribution in [3.63, 3.8) is 0 Å². The van der Waals surface area contributed by atoms with Crippen molar-refractivity contribution >= 4 is 23.3 Å². The Balaban J connectivity index is 1.43. The molecule has 4 rings (SSSR count). The molecule has 0 saturated carbocycles. The zero-order valence-corrected chi connectivity index (χ0v) is 15.4. The number of urea groups is 1. The summed E-state index contributed by atoms with van der Waals surface area (Å²) in [6, 6.07) is 24.4. The van der Waals surface area contributed by atoms with Gasteiger partial charge in [0.15, 0.2) is 0 Å². The molecule has 1 heterocycles. The van der Waals surface area contributed by atoms with Crippen LogP contribution in [0.2, 0.25) is 0 Å². The van der Waals surface area contributed by atoms with Gasteiger partial charge in [-0.3, -0.25) is 4.79 Å². The van der Waals surface area contributed by atoms with Crippen LogP contribution in [0.1, 0.15) is 21.5 Å². The molecule has 0 unspecified atom stereocenters. The summed E-state index contributed by atoms with van der Waals surface area (Å²) in [5.74, 6) is 0.00581. The standard InChI is InChI=1S/C23H21N3O2/c27-22(19-7-3-1-4-8-19)26-14-13-18-12-11-17(15-21(18)26)16-24-23(28)25-20-9-5-2-6-10-20/h1-12,15H,13-14,16H2,(H2,24,25,28). The third-order valence-corrected chi connectivity index (χ3v) is 4.80. The van der Waals surface area contributed by atoms with Gasteiger partial charge in [-0.1, -0.05) is 48.5 Å². The molecule has 3 aromatic rings. The van der Waals surface area contributed by atoms with Gasteiger partial charge < -0.3 is 15.5 Å². The number of carbonyl (C=O) groups is 2. The highest BCUT2D eigenvalue weighted by molar-refractivity contribution is 6.07. The molecular formula is C23H21N3O2. The van der Waals surface area contributed by atoms with Crippen LogP contribution >= 0.6 is 0 Å². The van der Waals surface area contributed by atoms with Crippen LogP contribution in [0.4, 0.5) is 16.2 Å². The summed E-state index contributed by atoms with van der Waals surface area (Å²) in [5.41, 5.74) is 4.46. The number of anilines is 2. The number of nitrogens with zero attached hydrogens (tertiary/aromatic N) is 1. The van der Waals surface area contributed by atoms with Gasteiger partial charge in [-0.25, -0.2) is 4.79 Å². The summed E-state index contributed by atoms with van der Waals surface area (Å²) in [6.07, 6.45) is 0.843. The molecule has 0 radical (unpaired) electrons. The van der Waals surface area contributed by atoms with E-state index in [1.807, 2.05) is 83.8 Å². The SMILES string of the molecule is O=C(NCc1ccc2c(c1)N(C(=O)c1ccccc1)CC2)Nc1ccccc1. The minimum Gasteiger partial charge on any atom is -0.334 e. The summed E-state index contributed by atoms with van der Waals surface area (Å²) in [6.45, 7) is 1.06. The van der Waals surface area contributed by atoms with E-state index in [2.05, 4.69) is 10.6 Å². The number of rotatable bonds is 4. The van der Waals surface area contributed by atoms with Crippen LogP contribution in [-0.2, 0) is 13.0 Å². The van der Waals surface area contributed by atoms with E-state index in [0.29, 0.717) is 18.7 Å². The van der Waals surface area contributed by atoms with Crippen LogP contribution in [-0.4, -0.2) is 18.5 Å². The van der Waals surface area contributed by atoms with Crippen LogP contribution in [0.25, 0.3) is 0 Å². The molecule has 2 N–H and O–H groups in total. The molecule has 5 heteroatoms. The lowest BCUT2D eigenvalue weighted by Crippen LogP contribution is -2.29. The zero-order valence-electron chi connectivity index (χ0n) is 15.4. The van der Waals surface area contributed by atoms with E-state index in [1.54, 1.807) is 0 Å². The molecule has 0 aliphatic carbocycles. The Hall–Kier alpha value is -3.60. The molecule has 0 atom stereocenters. The quantitative estimate of drug-likeness (QED) is 0.722. The highest BCUT2D eigenvalue weighted by atomic mass is 16.2. The number of carbonyl (C=O) groups excluding carboxylic acids is 2. The number of para-hydroxylation sites is 1. The Morgan fingerprint density at radius 3 is 2.36 bits per heavy atom. The average Bonchev–Trinajstić information content (AvgIpc) is 3.16. The van der Waals surface area contributed by atoms with Crippen molar-refractivity contribution in [3.05, 3.63) is 95.6 Å². The van der Waals surface area contributed by atoms with Gasteiger partial charge in [0.05, 0.1) is 0 Å². The van der Waals surface area contributed by atoms with Gasteiger partial charge in [0.25, 0.3) is 5.91 Å². The fraction of sp³-hybridized carbons (Fsp3) is 0.130. The Morgan fingerprint density at radius 2 is 1.61 bits per heavy atom. The molecule has 140 valence electrons. The number of nitrogens with one attached hydrogen (secondary N) is 2. The number of benzene rings is 3. The highest BCUT2D eigenvalue weighted by Gasteiger charge is 2.25. The van der Waals surface area contributed by atoms with Crippen LogP contribution in [0, 0.1) is 0 Å². The van der Waals surface area contributed by atoms with Crippen molar-refractivity contribution in [3.8, 4) is 0 Å². The number of hydrogen-bond donors (Lipinski definition) is 2. The van der Waals surface area contributed by atoms with E-state index in [-0.39, 0.29) is 11.9 Å². The molecule has 0 fully saturated rings. The maximum atomic E-state index is 12.8. The Labute approximate surface area is 164 Å². The first-order valence-corrected chi connectivity index (χ1v) is 9.29. The molecule has 3 amide bonds. The minimum absolute atomic E-state index is 0.00581. The molecule has 1 aliphatic heterocycles. The largest absolute Gasteiger partial charge is 0.334 e. The number of fused-ring (bicyclic) bond motifs is 1. The molecule has 3 aromatic carbocycles. The predicted octanol–water partition coefficient (Wildman–Crippen LogP) is 4.21. The smallest absolute Gasteiger partial charge is 0.319 e. The van der Waals surface area contributed by atoms with Crippen molar-refractivity contribution in [2.45, 2.75) is 13.0 Å². The summed E-state index contributed by atoms with van der Waals surface area (Å²) < 4.78 is 0. The summed E-state index contributed by atoms with van der Waals surface area (Å²) >= 11 is 0. The highest BCUT2D eigenvalue weighted by Crippen LogP contribution is 2.30. The maximum Gasteiger partial charge on any atom is 0.319 e. The Kier molecular flexibility index (Phi) is 5.06. The monoisotopic (exact) mass is 371 g/mol. The molecular weight excluding hydrogens is 350 g/mol. The minimum atomic E-state index is -0.260. The third-order valence-electron chi connectivity index (χ3n) is 4.80. The van der Waals surface area contributed by atoms with Crippen molar-refractivity contribution in [1.82, 2.24) is 5.32 Å². The number of hydrogen-bond acceptors (Lipinski definition) is 2. The third kappa shape index (κ3) is 3.88. The predicted molar refractivity (Wildman–Crippen MR) is 111 cm³/mol. The molecule has 1 aliphatic rings. The zero-order chi connectivity index (χ0) is 19.3.